The third kappa shape index (κ3) is 4.65. The lowest BCUT2D eigenvalue weighted by molar-refractivity contribution is -0.122. The number of aromatic nitrogens is 2. The molecule has 0 spiro atoms. The zero-order valence-corrected chi connectivity index (χ0v) is 15.3. The van der Waals surface area contributed by atoms with Crippen molar-refractivity contribution in [2.45, 2.75) is 32.6 Å². The van der Waals surface area contributed by atoms with Crippen LogP contribution in [0.25, 0.3) is 0 Å². The summed E-state index contributed by atoms with van der Waals surface area (Å²) < 4.78 is 7.55. The molecule has 27 heavy (non-hydrogen) atoms. The summed E-state index contributed by atoms with van der Waals surface area (Å²) in [6, 6.07) is 13.9. The van der Waals surface area contributed by atoms with E-state index >= 15 is 0 Å². The van der Waals surface area contributed by atoms with Gasteiger partial charge in [0.05, 0.1) is 18.5 Å². The van der Waals surface area contributed by atoms with Gasteiger partial charge in [-0.25, -0.2) is 0 Å². The van der Waals surface area contributed by atoms with Gasteiger partial charge in [-0.05, 0) is 42.3 Å². The first-order valence-electron chi connectivity index (χ1n) is 9.31. The monoisotopic (exact) mass is 364 g/mol. The zero-order chi connectivity index (χ0) is 18.5. The predicted molar refractivity (Wildman–Crippen MR) is 101 cm³/mol. The Hall–Kier alpha value is -2.86. The smallest absolute Gasteiger partial charge is 0.220 e. The summed E-state index contributed by atoms with van der Waals surface area (Å²) in [5, 5.41) is 2.96. The summed E-state index contributed by atoms with van der Waals surface area (Å²) in [6.45, 7) is 3.82. The van der Waals surface area contributed by atoms with Gasteiger partial charge in [0.15, 0.2) is 0 Å². The van der Waals surface area contributed by atoms with Crippen LogP contribution in [-0.2, 0) is 31.0 Å². The highest BCUT2D eigenvalue weighted by Crippen LogP contribution is 2.21. The first-order valence-corrected chi connectivity index (χ1v) is 9.31. The topological polar surface area (TPSA) is 63.3 Å². The minimum absolute atomic E-state index is 0.0600. The Morgan fingerprint density at radius 2 is 2.15 bits per heavy atom. The molecule has 4 heterocycles. The quantitative estimate of drug-likeness (QED) is 0.731. The molecule has 6 heteroatoms. The molecule has 0 bridgehead atoms. The molecule has 1 aliphatic rings. The number of nitrogens with zero attached hydrogens (tertiary/aromatic N) is 3. The Labute approximate surface area is 158 Å². The second-order valence-corrected chi connectivity index (χ2v) is 7.07. The van der Waals surface area contributed by atoms with Crippen LogP contribution < -0.4 is 5.32 Å². The molecule has 1 amide bonds. The first-order chi connectivity index (χ1) is 13.3. The largest absolute Gasteiger partial charge is 0.467 e. The lowest BCUT2D eigenvalue weighted by Gasteiger charge is -2.23. The molecule has 1 aliphatic heterocycles. The van der Waals surface area contributed by atoms with Gasteiger partial charge in [0.1, 0.15) is 5.76 Å². The van der Waals surface area contributed by atoms with Crippen LogP contribution in [0.5, 0.6) is 0 Å². The normalized spacial score (nSPS) is 17.3. The fourth-order valence-corrected chi connectivity index (χ4v) is 3.67. The molecule has 0 unspecified atom stereocenters. The van der Waals surface area contributed by atoms with Crippen molar-refractivity contribution >= 4 is 5.91 Å². The van der Waals surface area contributed by atoms with E-state index in [4.69, 9.17) is 4.42 Å². The van der Waals surface area contributed by atoms with E-state index < -0.39 is 0 Å². The van der Waals surface area contributed by atoms with Gasteiger partial charge in [0.25, 0.3) is 0 Å². The predicted octanol–water partition coefficient (Wildman–Crippen LogP) is 2.81. The number of rotatable bonds is 6. The van der Waals surface area contributed by atoms with E-state index in [1.165, 1.54) is 5.69 Å². The molecular weight excluding hydrogens is 340 g/mol. The van der Waals surface area contributed by atoms with Crippen LogP contribution in [0.3, 0.4) is 0 Å². The van der Waals surface area contributed by atoms with Gasteiger partial charge in [-0.3, -0.25) is 14.7 Å². The highest BCUT2D eigenvalue weighted by Gasteiger charge is 2.24. The van der Waals surface area contributed by atoms with Crippen molar-refractivity contribution in [3.05, 3.63) is 78.3 Å². The molecule has 140 valence electrons. The number of furan rings is 1. The molecule has 0 saturated carbocycles. The average molecular weight is 364 g/mol. The average Bonchev–Trinajstić information content (AvgIpc) is 3.31. The molecule has 6 nitrogen and oxygen atoms in total. The van der Waals surface area contributed by atoms with Gasteiger partial charge in [-0.15, -0.1) is 0 Å². The molecule has 3 aromatic rings. The van der Waals surface area contributed by atoms with E-state index in [2.05, 4.69) is 44.2 Å². The van der Waals surface area contributed by atoms with Crippen molar-refractivity contribution in [1.29, 1.82) is 0 Å². The summed E-state index contributed by atoms with van der Waals surface area (Å²) in [5.74, 6) is 1.08. The number of nitrogens with one attached hydrogen (secondary N) is 1. The minimum Gasteiger partial charge on any atom is -0.467 e. The van der Waals surface area contributed by atoms with E-state index in [-0.39, 0.29) is 11.8 Å². The van der Waals surface area contributed by atoms with E-state index in [0.717, 1.165) is 37.6 Å². The van der Waals surface area contributed by atoms with Crippen molar-refractivity contribution < 1.29 is 9.21 Å². The maximum Gasteiger partial charge on any atom is 0.220 e. The minimum atomic E-state index is 0.0600. The zero-order valence-electron chi connectivity index (χ0n) is 15.3. The molecule has 0 saturated heterocycles. The van der Waals surface area contributed by atoms with Crippen molar-refractivity contribution in [2.24, 2.45) is 5.92 Å². The Kier molecular flexibility index (Phi) is 5.34. The van der Waals surface area contributed by atoms with Crippen LogP contribution in [0.2, 0.25) is 0 Å². The number of carbonyl (C=O) groups is 1. The number of amides is 1. The third-order valence-corrected chi connectivity index (χ3v) is 4.91. The summed E-state index contributed by atoms with van der Waals surface area (Å²) in [7, 11) is 0. The van der Waals surface area contributed by atoms with Crippen LogP contribution >= 0.6 is 0 Å². The van der Waals surface area contributed by atoms with Crippen molar-refractivity contribution in [3.8, 4) is 0 Å². The highest BCUT2D eigenvalue weighted by molar-refractivity contribution is 5.76. The van der Waals surface area contributed by atoms with Gasteiger partial charge in [-0.2, -0.15) is 0 Å². The maximum absolute atomic E-state index is 12.4. The molecule has 0 aromatic carbocycles. The van der Waals surface area contributed by atoms with Gasteiger partial charge in [0, 0.05) is 50.7 Å². The van der Waals surface area contributed by atoms with Gasteiger partial charge < -0.3 is 14.3 Å². The van der Waals surface area contributed by atoms with E-state index in [1.807, 2.05) is 30.5 Å². The number of hydrogen-bond acceptors (Lipinski definition) is 4. The van der Waals surface area contributed by atoms with Crippen LogP contribution in [-0.4, -0.2) is 26.9 Å². The first kappa shape index (κ1) is 17.5. The number of carbonyl (C=O) groups excluding carboxylic acids is 1. The fourth-order valence-electron chi connectivity index (χ4n) is 3.67. The Balaban J connectivity index is 1.41. The van der Waals surface area contributed by atoms with Crippen molar-refractivity contribution in [3.63, 3.8) is 0 Å². The molecule has 1 atom stereocenters. The number of pyridine rings is 1. The summed E-state index contributed by atoms with van der Waals surface area (Å²) in [4.78, 5) is 19.3. The lowest BCUT2D eigenvalue weighted by Crippen LogP contribution is -2.32. The van der Waals surface area contributed by atoms with Crippen molar-refractivity contribution in [2.75, 3.05) is 6.54 Å². The standard InChI is InChI=1S/C21H24N4O2/c26-21(23-12-20-7-4-10-27-20)11-17-13-24(15-18-5-1-2-8-22-18)16-19-6-3-9-25(19)14-17/h1-10,17H,11-16H2,(H,23,26)/t17-/m1/s1. The van der Waals surface area contributed by atoms with E-state index in [9.17, 15) is 4.79 Å². The molecule has 4 rings (SSSR count). The summed E-state index contributed by atoms with van der Waals surface area (Å²) in [5.41, 5.74) is 2.34. The summed E-state index contributed by atoms with van der Waals surface area (Å²) >= 11 is 0. The van der Waals surface area contributed by atoms with Crippen LogP contribution in [0.4, 0.5) is 0 Å². The Morgan fingerprint density at radius 3 is 2.96 bits per heavy atom. The van der Waals surface area contributed by atoms with Gasteiger partial charge in [-0.1, -0.05) is 6.07 Å². The molecule has 1 N–H and O–H groups in total. The van der Waals surface area contributed by atoms with Crippen molar-refractivity contribution in [1.82, 2.24) is 19.8 Å². The van der Waals surface area contributed by atoms with Crippen LogP contribution in [0.1, 0.15) is 23.6 Å². The van der Waals surface area contributed by atoms with E-state index in [0.29, 0.717) is 13.0 Å². The van der Waals surface area contributed by atoms with Crippen LogP contribution in [0.15, 0.2) is 65.5 Å². The Bertz CT molecular complexity index is 857. The Morgan fingerprint density at radius 1 is 1.19 bits per heavy atom. The lowest BCUT2D eigenvalue weighted by atomic mass is 10.0. The third-order valence-electron chi connectivity index (χ3n) is 4.91. The SMILES string of the molecule is O=C(C[C@@H]1CN(Cc2ccccn2)Cc2cccn2C1)NCc1ccco1. The fraction of sp³-hybridized carbons (Fsp3) is 0.333. The molecule has 3 aromatic heterocycles. The van der Waals surface area contributed by atoms with Gasteiger partial charge >= 0.3 is 0 Å². The summed E-state index contributed by atoms with van der Waals surface area (Å²) in [6.07, 6.45) is 6.05. The molecule has 0 radical (unpaired) electrons. The number of fused-ring (bicyclic) bond motifs is 1. The molecule has 0 aliphatic carbocycles. The van der Waals surface area contributed by atoms with Gasteiger partial charge in [0.2, 0.25) is 5.91 Å². The second-order valence-electron chi connectivity index (χ2n) is 7.07. The molecule has 0 fully saturated rings. The number of hydrogen-bond donors (Lipinski definition) is 1. The second kappa shape index (κ2) is 8.22. The van der Waals surface area contributed by atoms with E-state index in [1.54, 1.807) is 6.26 Å². The highest BCUT2D eigenvalue weighted by atomic mass is 16.3. The molecular formula is C21H24N4O2. The van der Waals surface area contributed by atoms with Crippen LogP contribution in [0, 0.1) is 5.92 Å². The maximum atomic E-state index is 12.4.